The van der Waals surface area contributed by atoms with Crippen LogP contribution in [0.2, 0.25) is 10.0 Å². The molecule has 0 saturated carbocycles. The summed E-state index contributed by atoms with van der Waals surface area (Å²) in [5.74, 6) is 0. The Morgan fingerprint density at radius 1 is 1.33 bits per heavy atom. The molecule has 1 rings (SSSR count). The second-order valence-electron chi connectivity index (χ2n) is 3.49. The minimum atomic E-state index is 0.185. The molecule has 0 fully saturated rings. The van der Waals surface area contributed by atoms with E-state index >= 15 is 0 Å². The summed E-state index contributed by atoms with van der Waals surface area (Å²) in [7, 11) is 0. The Hall–Kier alpha value is -0.280. The third kappa shape index (κ3) is 3.99. The van der Waals surface area contributed by atoms with Crippen molar-refractivity contribution in [1.82, 2.24) is 5.32 Å². The quantitative estimate of drug-likeness (QED) is 0.839. The van der Waals surface area contributed by atoms with Gasteiger partial charge in [-0.15, -0.1) is 0 Å². The predicted octanol–water partition coefficient (Wildman–Crippen LogP) is 2.85. The van der Waals surface area contributed by atoms with Gasteiger partial charge in [-0.1, -0.05) is 29.3 Å². The number of nitrogens with one attached hydrogen (secondary N) is 1. The van der Waals surface area contributed by atoms with E-state index in [4.69, 9.17) is 28.3 Å². The summed E-state index contributed by atoms with van der Waals surface area (Å²) in [5.41, 5.74) is 0.908. The molecule has 1 aromatic rings. The smallest absolute Gasteiger partial charge is 0.0465 e. The molecular weight excluding hydrogens is 233 g/mol. The lowest BCUT2D eigenvalue weighted by Gasteiger charge is -2.13. The SMILES string of the molecule is C[C@H](CCO)NCc1c(Cl)cccc1Cl. The van der Waals surface area contributed by atoms with Gasteiger partial charge in [0.25, 0.3) is 0 Å². The fourth-order valence-corrected chi connectivity index (χ4v) is 1.80. The summed E-state index contributed by atoms with van der Waals surface area (Å²) < 4.78 is 0. The van der Waals surface area contributed by atoms with E-state index in [0.717, 1.165) is 12.0 Å². The summed E-state index contributed by atoms with van der Waals surface area (Å²) in [5, 5.41) is 13.3. The molecule has 0 radical (unpaired) electrons. The zero-order valence-electron chi connectivity index (χ0n) is 8.63. The van der Waals surface area contributed by atoms with Crippen molar-refractivity contribution in [2.75, 3.05) is 6.61 Å². The first-order valence-corrected chi connectivity index (χ1v) is 5.68. The molecule has 0 saturated heterocycles. The molecule has 0 spiro atoms. The highest BCUT2D eigenvalue weighted by Crippen LogP contribution is 2.23. The Balaban J connectivity index is 2.57. The Labute approximate surface area is 100 Å². The van der Waals surface area contributed by atoms with Crippen molar-refractivity contribution in [1.29, 1.82) is 0 Å². The molecule has 0 bridgehead atoms. The zero-order chi connectivity index (χ0) is 11.3. The largest absolute Gasteiger partial charge is 0.396 e. The highest BCUT2D eigenvalue weighted by Gasteiger charge is 2.06. The van der Waals surface area contributed by atoms with Gasteiger partial charge in [0, 0.05) is 34.8 Å². The second kappa shape index (κ2) is 6.33. The number of halogens is 2. The average Bonchev–Trinajstić information content (AvgIpc) is 2.17. The van der Waals surface area contributed by atoms with Gasteiger partial charge in [-0.25, -0.2) is 0 Å². The van der Waals surface area contributed by atoms with Crippen molar-refractivity contribution in [3.63, 3.8) is 0 Å². The Kier molecular flexibility index (Phi) is 5.40. The van der Waals surface area contributed by atoms with Crippen molar-refractivity contribution < 1.29 is 5.11 Å². The van der Waals surface area contributed by atoms with Gasteiger partial charge in [0.15, 0.2) is 0 Å². The molecule has 2 N–H and O–H groups in total. The fraction of sp³-hybridized carbons (Fsp3) is 0.455. The molecule has 84 valence electrons. The van der Waals surface area contributed by atoms with Gasteiger partial charge in [0.05, 0.1) is 0 Å². The molecule has 15 heavy (non-hydrogen) atoms. The van der Waals surface area contributed by atoms with E-state index in [9.17, 15) is 0 Å². The number of rotatable bonds is 5. The average molecular weight is 248 g/mol. The molecule has 0 aliphatic rings. The van der Waals surface area contributed by atoms with Gasteiger partial charge in [0.2, 0.25) is 0 Å². The first-order valence-electron chi connectivity index (χ1n) is 4.92. The van der Waals surface area contributed by atoms with Gasteiger partial charge in [0.1, 0.15) is 0 Å². The van der Waals surface area contributed by atoms with Crippen LogP contribution in [0, 0.1) is 0 Å². The minimum Gasteiger partial charge on any atom is -0.396 e. The van der Waals surface area contributed by atoms with Crippen LogP contribution in [0.4, 0.5) is 0 Å². The summed E-state index contributed by atoms with van der Waals surface area (Å²) in [6.45, 7) is 2.82. The van der Waals surface area contributed by atoms with Crippen molar-refractivity contribution in [2.45, 2.75) is 25.9 Å². The molecule has 4 heteroatoms. The van der Waals surface area contributed by atoms with E-state index < -0.39 is 0 Å². The lowest BCUT2D eigenvalue weighted by Crippen LogP contribution is -2.26. The van der Waals surface area contributed by atoms with E-state index in [-0.39, 0.29) is 12.6 Å². The Bertz CT molecular complexity index is 297. The van der Waals surface area contributed by atoms with Crippen LogP contribution in [0.25, 0.3) is 0 Å². The van der Waals surface area contributed by atoms with Crippen LogP contribution < -0.4 is 5.32 Å². The number of benzene rings is 1. The van der Waals surface area contributed by atoms with Crippen molar-refractivity contribution in [3.05, 3.63) is 33.8 Å². The van der Waals surface area contributed by atoms with Crippen molar-refractivity contribution in [3.8, 4) is 0 Å². The Morgan fingerprint density at radius 3 is 2.47 bits per heavy atom. The van der Waals surface area contributed by atoms with Gasteiger partial charge in [-0.2, -0.15) is 0 Å². The van der Waals surface area contributed by atoms with Crippen LogP contribution in [-0.2, 0) is 6.54 Å². The first kappa shape index (κ1) is 12.8. The fourth-order valence-electron chi connectivity index (χ4n) is 1.27. The van der Waals surface area contributed by atoms with Crippen LogP contribution in [0.5, 0.6) is 0 Å². The maximum Gasteiger partial charge on any atom is 0.0465 e. The predicted molar refractivity (Wildman–Crippen MR) is 64.5 cm³/mol. The van der Waals surface area contributed by atoms with E-state index in [1.165, 1.54) is 0 Å². The minimum absolute atomic E-state index is 0.185. The summed E-state index contributed by atoms with van der Waals surface area (Å²) in [6.07, 6.45) is 0.724. The molecule has 0 heterocycles. The molecule has 0 amide bonds. The van der Waals surface area contributed by atoms with Gasteiger partial charge in [-0.05, 0) is 25.5 Å². The Morgan fingerprint density at radius 2 is 1.93 bits per heavy atom. The number of hydrogen-bond donors (Lipinski definition) is 2. The van der Waals surface area contributed by atoms with Gasteiger partial charge >= 0.3 is 0 Å². The van der Waals surface area contributed by atoms with E-state index in [1.807, 2.05) is 25.1 Å². The van der Waals surface area contributed by atoms with Crippen LogP contribution in [-0.4, -0.2) is 17.8 Å². The van der Waals surface area contributed by atoms with E-state index in [0.29, 0.717) is 16.6 Å². The summed E-state index contributed by atoms with van der Waals surface area (Å²) in [6, 6.07) is 5.72. The van der Waals surface area contributed by atoms with E-state index in [2.05, 4.69) is 5.32 Å². The lowest BCUT2D eigenvalue weighted by atomic mass is 10.2. The third-order valence-electron chi connectivity index (χ3n) is 2.25. The zero-order valence-corrected chi connectivity index (χ0v) is 10.1. The third-order valence-corrected chi connectivity index (χ3v) is 2.96. The van der Waals surface area contributed by atoms with Crippen LogP contribution >= 0.6 is 23.2 Å². The highest BCUT2D eigenvalue weighted by atomic mass is 35.5. The number of hydrogen-bond acceptors (Lipinski definition) is 2. The second-order valence-corrected chi connectivity index (χ2v) is 4.31. The van der Waals surface area contributed by atoms with Gasteiger partial charge < -0.3 is 10.4 Å². The standard InChI is InChI=1S/C11H15Cl2NO/c1-8(5-6-15)14-7-9-10(12)3-2-4-11(9)13/h2-4,8,14-15H,5-7H2,1H3/t8-/m1/s1. The maximum atomic E-state index is 8.75. The van der Waals surface area contributed by atoms with Gasteiger partial charge in [-0.3, -0.25) is 0 Å². The van der Waals surface area contributed by atoms with Crippen molar-refractivity contribution in [2.24, 2.45) is 0 Å². The molecule has 0 aliphatic carbocycles. The maximum absolute atomic E-state index is 8.75. The number of aliphatic hydroxyl groups is 1. The van der Waals surface area contributed by atoms with Crippen molar-refractivity contribution >= 4 is 23.2 Å². The molecule has 1 aromatic carbocycles. The highest BCUT2D eigenvalue weighted by molar-refractivity contribution is 6.35. The normalized spacial score (nSPS) is 12.8. The molecule has 0 unspecified atom stereocenters. The van der Waals surface area contributed by atoms with E-state index in [1.54, 1.807) is 0 Å². The molecular formula is C11H15Cl2NO. The monoisotopic (exact) mass is 247 g/mol. The van der Waals surface area contributed by atoms with Crippen LogP contribution in [0.3, 0.4) is 0 Å². The molecule has 1 atom stereocenters. The first-order chi connectivity index (χ1) is 7.15. The summed E-state index contributed by atoms with van der Waals surface area (Å²) in [4.78, 5) is 0. The van der Waals surface area contributed by atoms with Crippen LogP contribution in [0.15, 0.2) is 18.2 Å². The lowest BCUT2D eigenvalue weighted by molar-refractivity contribution is 0.268. The topological polar surface area (TPSA) is 32.3 Å². The molecule has 2 nitrogen and oxygen atoms in total. The molecule has 0 aromatic heterocycles. The molecule has 0 aliphatic heterocycles. The number of aliphatic hydroxyl groups excluding tert-OH is 1. The van der Waals surface area contributed by atoms with Crippen LogP contribution in [0.1, 0.15) is 18.9 Å². The summed E-state index contributed by atoms with van der Waals surface area (Å²) >= 11 is 12.0.